The van der Waals surface area contributed by atoms with E-state index < -0.39 is 21.8 Å². The van der Waals surface area contributed by atoms with Crippen LogP contribution >= 0.6 is 0 Å². The highest BCUT2D eigenvalue weighted by molar-refractivity contribution is 7.90. The molecule has 2 aromatic carbocycles. The Morgan fingerprint density at radius 2 is 1.67 bits per heavy atom. The second-order valence-corrected chi connectivity index (χ2v) is 9.23. The zero-order valence-corrected chi connectivity index (χ0v) is 17.5. The van der Waals surface area contributed by atoms with Crippen LogP contribution in [0.25, 0.3) is 0 Å². The first-order valence-electron chi connectivity index (χ1n) is 9.39. The highest BCUT2D eigenvalue weighted by Crippen LogP contribution is 2.13. The maximum Gasteiger partial charge on any atom is 0.320 e. The summed E-state index contributed by atoms with van der Waals surface area (Å²) in [5.41, 5.74) is 7.64. The van der Waals surface area contributed by atoms with Crippen LogP contribution in [-0.4, -0.2) is 56.6 Å². The van der Waals surface area contributed by atoms with Crippen molar-refractivity contribution in [1.82, 2.24) is 5.32 Å². The number of sulfone groups is 1. The molecule has 2 aromatic rings. The summed E-state index contributed by atoms with van der Waals surface area (Å²) >= 11 is 0. The normalized spacial score (nSPS) is 12.2. The number of hydrogen-bond donors (Lipinski definition) is 3. The third-order valence-corrected chi connectivity index (χ3v) is 5.28. The van der Waals surface area contributed by atoms with Gasteiger partial charge in [-0.1, -0.05) is 24.3 Å². The van der Waals surface area contributed by atoms with Crippen molar-refractivity contribution < 1.29 is 27.9 Å². The Kier molecular flexibility index (Phi) is 8.37. The third kappa shape index (κ3) is 8.22. The molecule has 0 heterocycles. The number of nitrogens with two attached hydrogens (primary N) is 1. The summed E-state index contributed by atoms with van der Waals surface area (Å²) in [6, 6.07) is 12.8. The van der Waals surface area contributed by atoms with Gasteiger partial charge < -0.3 is 20.9 Å². The topological polar surface area (TPSA) is 136 Å². The molecule has 30 heavy (non-hydrogen) atoms. The molecule has 0 saturated heterocycles. The largest absolute Gasteiger partial charge is 0.492 e. The highest BCUT2D eigenvalue weighted by Gasteiger charge is 2.12. The first-order valence-corrected chi connectivity index (χ1v) is 11.4. The van der Waals surface area contributed by atoms with Gasteiger partial charge in [-0.15, -0.1) is 0 Å². The molecule has 1 amide bonds. The number of carbonyl (C=O) groups excluding carboxylic acids is 1. The van der Waals surface area contributed by atoms with Crippen LogP contribution in [-0.2, 0) is 27.5 Å². The number of rotatable bonds is 11. The van der Waals surface area contributed by atoms with E-state index in [-0.39, 0.29) is 24.7 Å². The molecule has 0 saturated carbocycles. The lowest BCUT2D eigenvalue weighted by molar-refractivity contribution is -0.138. The van der Waals surface area contributed by atoms with E-state index >= 15 is 0 Å². The molecule has 0 aliphatic heterocycles. The van der Waals surface area contributed by atoms with Gasteiger partial charge in [0.1, 0.15) is 28.2 Å². The average Bonchev–Trinajstić information content (AvgIpc) is 2.70. The maximum atomic E-state index is 12.2. The molecule has 0 radical (unpaired) electrons. The summed E-state index contributed by atoms with van der Waals surface area (Å²) in [4.78, 5) is 22.9. The Bertz CT molecular complexity index is 956. The van der Waals surface area contributed by atoms with Gasteiger partial charge in [0.2, 0.25) is 0 Å². The van der Waals surface area contributed by atoms with E-state index in [0.717, 1.165) is 11.1 Å². The number of carboxylic acids is 1. The number of carbonyl (C=O) groups is 2. The lowest BCUT2D eigenvalue weighted by Gasteiger charge is -2.10. The van der Waals surface area contributed by atoms with Crippen molar-refractivity contribution in [2.45, 2.75) is 18.9 Å². The fraction of sp³-hybridized carbons (Fsp3) is 0.333. The first-order chi connectivity index (χ1) is 14.1. The number of benzene rings is 2. The number of hydrogen-bond acceptors (Lipinski definition) is 6. The van der Waals surface area contributed by atoms with E-state index in [4.69, 9.17) is 15.6 Å². The molecule has 2 rings (SSSR count). The minimum absolute atomic E-state index is 0.0726. The fourth-order valence-electron chi connectivity index (χ4n) is 2.62. The summed E-state index contributed by atoms with van der Waals surface area (Å²) in [6.07, 6.45) is 1.84. The van der Waals surface area contributed by atoms with E-state index in [0.29, 0.717) is 24.3 Å². The average molecular weight is 435 g/mol. The molecular formula is C21H26N2O6S. The van der Waals surface area contributed by atoms with Crippen molar-refractivity contribution in [1.29, 1.82) is 0 Å². The van der Waals surface area contributed by atoms with E-state index in [1.54, 1.807) is 48.5 Å². The standard InChI is InChI=1S/C21H26N2O6S/c1-30(27,28)13-10-15-2-6-17(7-3-15)20(24)23-11-12-29-18-8-4-16(5-9-18)14-19(22)21(25)26/h2-9,19H,10-14,22H2,1H3,(H,23,24)(H,25,26)/t19-/m0/s1. The molecule has 0 unspecified atom stereocenters. The predicted octanol–water partition coefficient (Wildman–Crippen LogP) is 1.04. The zero-order chi connectivity index (χ0) is 22.1. The summed E-state index contributed by atoms with van der Waals surface area (Å²) in [7, 11) is -3.02. The van der Waals surface area contributed by atoms with Gasteiger partial charge >= 0.3 is 5.97 Å². The van der Waals surface area contributed by atoms with Gasteiger partial charge in [0.15, 0.2) is 0 Å². The fourth-order valence-corrected chi connectivity index (χ4v) is 3.23. The van der Waals surface area contributed by atoms with Crippen LogP contribution in [0.15, 0.2) is 48.5 Å². The third-order valence-electron chi connectivity index (χ3n) is 4.33. The monoisotopic (exact) mass is 434 g/mol. The van der Waals surface area contributed by atoms with Crippen LogP contribution in [0.3, 0.4) is 0 Å². The maximum absolute atomic E-state index is 12.2. The number of aliphatic carboxylic acids is 1. The molecule has 1 atom stereocenters. The Balaban J connectivity index is 1.73. The van der Waals surface area contributed by atoms with Gasteiger partial charge in [-0.3, -0.25) is 9.59 Å². The van der Waals surface area contributed by atoms with Crippen molar-refractivity contribution >= 4 is 21.7 Å². The van der Waals surface area contributed by atoms with Crippen LogP contribution in [0.4, 0.5) is 0 Å². The molecule has 0 spiro atoms. The van der Waals surface area contributed by atoms with Crippen molar-refractivity contribution in [2.75, 3.05) is 25.2 Å². The van der Waals surface area contributed by atoms with Crippen LogP contribution in [0, 0.1) is 0 Å². The number of amides is 1. The Labute approximate surface area is 176 Å². The van der Waals surface area contributed by atoms with Gasteiger partial charge in [0, 0.05) is 11.8 Å². The summed E-state index contributed by atoms with van der Waals surface area (Å²) in [5, 5.41) is 11.6. The molecule has 0 aliphatic rings. The minimum Gasteiger partial charge on any atom is -0.492 e. The highest BCUT2D eigenvalue weighted by atomic mass is 32.2. The van der Waals surface area contributed by atoms with Gasteiger partial charge in [-0.05, 0) is 48.2 Å². The molecule has 0 aromatic heterocycles. The second kappa shape index (κ2) is 10.7. The zero-order valence-electron chi connectivity index (χ0n) is 16.7. The van der Waals surface area contributed by atoms with E-state index in [1.807, 2.05) is 0 Å². The SMILES string of the molecule is CS(=O)(=O)CCc1ccc(C(=O)NCCOc2ccc(C[C@H](N)C(=O)O)cc2)cc1. The molecule has 162 valence electrons. The number of ether oxygens (including phenoxy) is 1. The number of carboxylic acid groups (broad SMARTS) is 1. The first kappa shape index (κ1) is 23.4. The van der Waals surface area contributed by atoms with Crippen LogP contribution in [0.5, 0.6) is 5.75 Å². The smallest absolute Gasteiger partial charge is 0.320 e. The molecule has 9 heteroatoms. The lowest BCUT2D eigenvalue weighted by Crippen LogP contribution is -2.32. The second-order valence-electron chi connectivity index (χ2n) is 6.97. The minimum atomic E-state index is -3.02. The number of nitrogens with one attached hydrogen (secondary N) is 1. The van der Waals surface area contributed by atoms with E-state index in [9.17, 15) is 18.0 Å². The lowest BCUT2D eigenvalue weighted by atomic mass is 10.1. The van der Waals surface area contributed by atoms with Gasteiger partial charge in [0.05, 0.1) is 12.3 Å². The molecule has 0 aliphatic carbocycles. The Morgan fingerprint density at radius 1 is 1.07 bits per heavy atom. The number of aryl methyl sites for hydroxylation is 1. The van der Waals surface area contributed by atoms with Crippen LogP contribution in [0.2, 0.25) is 0 Å². The summed E-state index contributed by atoms with van der Waals surface area (Å²) < 4.78 is 28.0. The van der Waals surface area contributed by atoms with Crippen LogP contribution < -0.4 is 15.8 Å². The van der Waals surface area contributed by atoms with Crippen molar-refractivity contribution in [3.8, 4) is 5.75 Å². The molecule has 8 nitrogen and oxygen atoms in total. The summed E-state index contributed by atoms with van der Waals surface area (Å²) in [5.74, 6) is -0.614. The molecule has 0 bridgehead atoms. The van der Waals surface area contributed by atoms with Gasteiger partial charge in [0.25, 0.3) is 5.91 Å². The molecule has 0 fully saturated rings. The molecule has 4 N–H and O–H groups in total. The van der Waals surface area contributed by atoms with Gasteiger partial charge in [-0.2, -0.15) is 0 Å². The quantitative estimate of drug-likeness (QED) is 0.450. The van der Waals surface area contributed by atoms with Crippen molar-refractivity contribution in [3.63, 3.8) is 0 Å². The van der Waals surface area contributed by atoms with E-state index in [2.05, 4.69) is 5.32 Å². The van der Waals surface area contributed by atoms with Gasteiger partial charge in [-0.25, -0.2) is 8.42 Å². The van der Waals surface area contributed by atoms with Crippen LogP contribution in [0.1, 0.15) is 21.5 Å². The Morgan fingerprint density at radius 3 is 2.23 bits per heavy atom. The van der Waals surface area contributed by atoms with Crippen molar-refractivity contribution in [3.05, 3.63) is 65.2 Å². The van der Waals surface area contributed by atoms with E-state index in [1.165, 1.54) is 6.26 Å². The Hall–Kier alpha value is -2.91. The summed E-state index contributed by atoms with van der Waals surface area (Å²) in [6.45, 7) is 0.576. The predicted molar refractivity (Wildman–Crippen MR) is 113 cm³/mol. The van der Waals surface area contributed by atoms with Crippen molar-refractivity contribution in [2.24, 2.45) is 5.73 Å². The molecular weight excluding hydrogens is 408 g/mol.